The van der Waals surface area contributed by atoms with Gasteiger partial charge in [-0.15, -0.1) is 0 Å². The number of hydrogen-bond acceptors (Lipinski definition) is 2. The van der Waals surface area contributed by atoms with E-state index in [-0.39, 0.29) is 18.5 Å². The molecule has 1 aliphatic rings. The third-order valence-corrected chi connectivity index (χ3v) is 4.06. The average Bonchev–Trinajstić information content (AvgIpc) is 2.44. The van der Waals surface area contributed by atoms with E-state index in [1.54, 1.807) is 0 Å². The van der Waals surface area contributed by atoms with E-state index in [1.807, 2.05) is 4.90 Å². The van der Waals surface area contributed by atoms with Gasteiger partial charge in [-0.25, -0.2) is 4.79 Å². The van der Waals surface area contributed by atoms with Crippen molar-refractivity contribution in [2.75, 3.05) is 13.1 Å². The number of carboxylic acids is 1. The van der Waals surface area contributed by atoms with Crippen molar-refractivity contribution in [2.24, 2.45) is 5.92 Å². The number of nitrogens with one attached hydrogen (secondary N) is 1. The average molecular weight is 298 g/mol. The van der Waals surface area contributed by atoms with Crippen LogP contribution in [0.25, 0.3) is 0 Å². The van der Waals surface area contributed by atoms with E-state index in [0.717, 1.165) is 38.6 Å². The molecule has 1 heterocycles. The molecule has 5 heteroatoms. The maximum absolute atomic E-state index is 12.2. The molecule has 5 nitrogen and oxygen atoms in total. The van der Waals surface area contributed by atoms with Crippen LogP contribution >= 0.6 is 0 Å². The number of carbonyl (C=O) groups excluding carboxylic acids is 1. The summed E-state index contributed by atoms with van der Waals surface area (Å²) in [5.74, 6) is -0.0715. The van der Waals surface area contributed by atoms with Gasteiger partial charge in [0, 0.05) is 25.6 Å². The Hall–Kier alpha value is -1.26. The largest absolute Gasteiger partial charge is 0.481 e. The zero-order valence-corrected chi connectivity index (χ0v) is 13.4. The van der Waals surface area contributed by atoms with Gasteiger partial charge in [0.05, 0.1) is 0 Å². The summed E-state index contributed by atoms with van der Waals surface area (Å²) < 4.78 is 0. The Bertz CT molecular complexity index is 331. The van der Waals surface area contributed by atoms with Crippen LogP contribution in [0.15, 0.2) is 0 Å². The predicted molar refractivity (Wildman–Crippen MR) is 83.3 cm³/mol. The van der Waals surface area contributed by atoms with E-state index in [2.05, 4.69) is 19.2 Å². The van der Waals surface area contributed by atoms with E-state index in [4.69, 9.17) is 5.11 Å². The predicted octanol–water partition coefficient (Wildman–Crippen LogP) is 3.24. The summed E-state index contributed by atoms with van der Waals surface area (Å²) in [4.78, 5) is 24.8. The van der Waals surface area contributed by atoms with Crippen LogP contribution in [0.5, 0.6) is 0 Å². The highest BCUT2D eigenvalue weighted by Gasteiger charge is 2.26. The van der Waals surface area contributed by atoms with Crippen LogP contribution < -0.4 is 5.32 Å². The first-order chi connectivity index (χ1) is 10.0. The third-order valence-electron chi connectivity index (χ3n) is 4.06. The number of carbonyl (C=O) groups is 2. The van der Waals surface area contributed by atoms with Gasteiger partial charge in [-0.05, 0) is 38.0 Å². The SMILES string of the molecule is CC(C)CCCCNC(=O)N1CCCCC1CCC(=O)O. The molecule has 1 saturated heterocycles. The van der Waals surface area contributed by atoms with Crippen LogP contribution in [0.2, 0.25) is 0 Å². The van der Waals surface area contributed by atoms with E-state index in [0.29, 0.717) is 18.9 Å². The van der Waals surface area contributed by atoms with Gasteiger partial charge in [-0.1, -0.05) is 26.7 Å². The number of rotatable bonds is 8. The molecule has 21 heavy (non-hydrogen) atoms. The number of likely N-dealkylation sites (tertiary alicyclic amines) is 1. The summed E-state index contributed by atoms with van der Waals surface area (Å²) in [6.07, 6.45) is 7.08. The van der Waals surface area contributed by atoms with Gasteiger partial charge in [0.2, 0.25) is 0 Å². The van der Waals surface area contributed by atoms with Crippen LogP contribution in [0.1, 0.15) is 65.2 Å². The lowest BCUT2D eigenvalue weighted by Gasteiger charge is -2.35. The Labute approximate surface area is 128 Å². The zero-order chi connectivity index (χ0) is 15.7. The molecule has 2 amide bonds. The molecule has 1 atom stereocenters. The van der Waals surface area contributed by atoms with Crippen LogP contribution in [0.4, 0.5) is 4.79 Å². The van der Waals surface area contributed by atoms with Crippen molar-refractivity contribution in [2.45, 2.75) is 71.3 Å². The number of aliphatic carboxylic acids is 1. The van der Waals surface area contributed by atoms with Crippen LogP contribution in [-0.2, 0) is 4.79 Å². The highest BCUT2D eigenvalue weighted by atomic mass is 16.4. The van der Waals surface area contributed by atoms with Crippen molar-refractivity contribution in [3.8, 4) is 0 Å². The second kappa shape index (κ2) is 9.64. The molecule has 2 N–H and O–H groups in total. The monoisotopic (exact) mass is 298 g/mol. The molecular formula is C16H30N2O3. The van der Waals surface area contributed by atoms with E-state index >= 15 is 0 Å². The van der Waals surface area contributed by atoms with Crippen LogP contribution in [-0.4, -0.2) is 41.1 Å². The fourth-order valence-electron chi connectivity index (χ4n) is 2.83. The van der Waals surface area contributed by atoms with Crippen LogP contribution in [0, 0.1) is 5.92 Å². The Morgan fingerprint density at radius 3 is 2.71 bits per heavy atom. The first-order valence-corrected chi connectivity index (χ1v) is 8.27. The minimum absolute atomic E-state index is 0.0189. The molecule has 0 aromatic heterocycles. The van der Waals surface area contributed by atoms with Gasteiger partial charge in [0.1, 0.15) is 0 Å². The Morgan fingerprint density at radius 1 is 1.29 bits per heavy atom. The zero-order valence-electron chi connectivity index (χ0n) is 13.4. The number of amides is 2. The first-order valence-electron chi connectivity index (χ1n) is 8.27. The van der Waals surface area contributed by atoms with Crippen molar-refractivity contribution >= 4 is 12.0 Å². The minimum Gasteiger partial charge on any atom is -0.481 e. The topological polar surface area (TPSA) is 69.6 Å². The molecule has 1 unspecified atom stereocenters. The quantitative estimate of drug-likeness (QED) is 0.676. The molecular weight excluding hydrogens is 268 g/mol. The lowest BCUT2D eigenvalue weighted by Crippen LogP contribution is -2.49. The summed E-state index contributed by atoms with van der Waals surface area (Å²) in [6.45, 7) is 5.88. The van der Waals surface area contributed by atoms with Crippen LogP contribution in [0.3, 0.4) is 0 Å². The first kappa shape index (κ1) is 17.8. The maximum atomic E-state index is 12.2. The molecule has 0 bridgehead atoms. The van der Waals surface area contributed by atoms with Crippen molar-refractivity contribution < 1.29 is 14.7 Å². The number of nitrogens with zero attached hydrogens (tertiary/aromatic N) is 1. The molecule has 1 rings (SSSR count). The van der Waals surface area contributed by atoms with Gasteiger partial charge in [0.15, 0.2) is 0 Å². The molecule has 0 radical (unpaired) electrons. The highest BCUT2D eigenvalue weighted by molar-refractivity contribution is 5.74. The summed E-state index contributed by atoms with van der Waals surface area (Å²) in [7, 11) is 0. The van der Waals surface area contributed by atoms with Gasteiger partial charge >= 0.3 is 12.0 Å². The fourth-order valence-corrected chi connectivity index (χ4v) is 2.83. The van der Waals surface area contributed by atoms with Crippen molar-refractivity contribution in [1.29, 1.82) is 0 Å². The second-order valence-corrected chi connectivity index (χ2v) is 6.40. The van der Waals surface area contributed by atoms with E-state index in [1.165, 1.54) is 6.42 Å². The smallest absolute Gasteiger partial charge is 0.317 e. The number of unbranched alkanes of at least 4 members (excludes halogenated alkanes) is 1. The lowest BCUT2D eigenvalue weighted by atomic mass is 9.98. The van der Waals surface area contributed by atoms with Gasteiger partial charge < -0.3 is 15.3 Å². The lowest BCUT2D eigenvalue weighted by molar-refractivity contribution is -0.137. The molecule has 1 aliphatic heterocycles. The Balaban J connectivity index is 2.30. The number of urea groups is 1. The van der Waals surface area contributed by atoms with Crippen molar-refractivity contribution in [1.82, 2.24) is 10.2 Å². The molecule has 0 aromatic carbocycles. The molecule has 0 aromatic rings. The minimum atomic E-state index is -0.783. The second-order valence-electron chi connectivity index (χ2n) is 6.40. The summed E-state index contributed by atoms with van der Waals surface area (Å²) in [6, 6.07) is 0.0696. The molecule has 0 spiro atoms. The van der Waals surface area contributed by atoms with E-state index < -0.39 is 5.97 Å². The summed E-state index contributed by atoms with van der Waals surface area (Å²) >= 11 is 0. The normalized spacial score (nSPS) is 18.8. The molecule has 0 saturated carbocycles. The third kappa shape index (κ3) is 7.34. The number of piperidine rings is 1. The van der Waals surface area contributed by atoms with Crippen molar-refractivity contribution in [3.05, 3.63) is 0 Å². The number of hydrogen-bond donors (Lipinski definition) is 2. The number of carboxylic acid groups (broad SMARTS) is 1. The van der Waals surface area contributed by atoms with E-state index in [9.17, 15) is 9.59 Å². The highest BCUT2D eigenvalue weighted by Crippen LogP contribution is 2.21. The fraction of sp³-hybridized carbons (Fsp3) is 0.875. The standard InChI is InChI=1S/C16H30N2O3/c1-13(2)7-3-5-11-17-16(21)18-12-6-4-8-14(18)9-10-15(19)20/h13-14H,3-12H2,1-2H3,(H,17,21)(H,19,20). The van der Waals surface area contributed by atoms with Gasteiger partial charge in [-0.3, -0.25) is 4.79 Å². The summed E-state index contributed by atoms with van der Waals surface area (Å²) in [5, 5.41) is 11.8. The molecule has 0 aliphatic carbocycles. The Morgan fingerprint density at radius 2 is 2.05 bits per heavy atom. The van der Waals surface area contributed by atoms with Gasteiger partial charge in [-0.2, -0.15) is 0 Å². The maximum Gasteiger partial charge on any atom is 0.317 e. The van der Waals surface area contributed by atoms with Gasteiger partial charge in [0.25, 0.3) is 0 Å². The summed E-state index contributed by atoms with van der Waals surface area (Å²) in [5.41, 5.74) is 0. The molecule has 1 fully saturated rings. The Kier molecular flexibility index (Phi) is 8.16. The van der Waals surface area contributed by atoms with Crippen molar-refractivity contribution in [3.63, 3.8) is 0 Å². The molecule has 122 valence electrons.